The summed E-state index contributed by atoms with van der Waals surface area (Å²) in [6.07, 6.45) is 6.69. The van der Waals surface area contributed by atoms with Crippen molar-refractivity contribution in [2.45, 2.75) is 62.6 Å². The Labute approximate surface area is 108 Å². The molecule has 3 aliphatic heterocycles. The molecule has 3 saturated heterocycles. The third-order valence-corrected chi connectivity index (χ3v) is 5.11. The number of hydrogen-bond acceptors (Lipinski definition) is 4. The fourth-order valence-corrected chi connectivity index (χ4v) is 3.93. The van der Waals surface area contributed by atoms with Gasteiger partial charge in [0.25, 0.3) is 0 Å². The van der Waals surface area contributed by atoms with Crippen LogP contribution in [0.4, 0.5) is 0 Å². The van der Waals surface area contributed by atoms with Crippen LogP contribution < -0.4 is 0 Å². The molecule has 4 aliphatic rings. The fraction of sp³-hybridized carbons (Fsp3) is 1.00. The summed E-state index contributed by atoms with van der Waals surface area (Å²) in [5.74, 6) is 1.20. The fourth-order valence-electron chi connectivity index (χ4n) is 3.93. The maximum Gasteiger partial charge on any atom is 0.0845 e. The number of hydrogen-bond donors (Lipinski definition) is 1. The van der Waals surface area contributed by atoms with E-state index in [1.807, 2.05) is 0 Å². The summed E-state index contributed by atoms with van der Waals surface area (Å²) in [4.78, 5) is 0. The van der Waals surface area contributed by atoms with Gasteiger partial charge in [-0.15, -0.1) is 0 Å². The van der Waals surface area contributed by atoms with E-state index in [1.54, 1.807) is 0 Å². The van der Waals surface area contributed by atoms with Crippen molar-refractivity contribution in [2.75, 3.05) is 13.2 Å². The minimum atomic E-state index is -0.228. The highest BCUT2D eigenvalue weighted by Gasteiger charge is 2.47. The molecule has 4 fully saturated rings. The van der Waals surface area contributed by atoms with Gasteiger partial charge in [-0.1, -0.05) is 0 Å². The van der Waals surface area contributed by atoms with Crippen molar-refractivity contribution in [3.8, 4) is 0 Å². The number of epoxide rings is 1. The van der Waals surface area contributed by atoms with Crippen molar-refractivity contribution >= 4 is 0 Å². The van der Waals surface area contributed by atoms with Gasteiger partial charge in [-0.2, -0.15) is 0 Å². The summed E-state index contributed by atoms with van der Waals surface area (Å²) in [5, 5.41) is 9.62. The van der Waals surface area contributed by atoms with Crippen LogP contribution in [0, 0.1) is 11.8 Å². The smallest absolute Gasteiger partial charge is 0.0845 e. The van der Waals surface area contributed by atoms with Gasteiger partial charge in [-0.05, 0) is 31.6 Å². The Bertz CT molecular complexity index is 319. The summed E-state index contributed by atoms with van der Waals surface area (Å²) in [6, 6.07) is 0. The van der Waals surface area contributed by atoms with E-state index in [4.69, 9.17) is 14.2 Å². The molecular weight excluding hydrogens is 232 g/mol. The maximum atomic E-state index is 9.62. The van der Waals surface area contributed by atoms with Crippen molar-refractivity contribution in [3.63, 3.8) is 0 Å². The quantitative estimate of drug-likeness (QED) is 0.764. The van der Waals surface area contributed by atoms with Crippen LogP contribution in [0.1, 0.15) is 32.1 Å². The van der Waals surface area contributed by atoms with Crippen LogP contribution in [0.2, 0.25) is 0 Å². The molecular formula is C14H22O4. The molecule has 7 atom stereocenters. The second-order valence-electron chi connectivity index (χ2n) is 6.44. The van der Waals surface area contributed by atoms with Crippen molar-refractivity contribution in [2.24, 2.45) is 11.8 Å². The molecule has 0 aromatic carbocycles. The first-order valence-electron chi connectivity index (χ1n) is 7.36. The van der Waals surface area contributed by atoms with Gasteiger partial charge < -0.3 is 19.3 Å². The predicted octanol–water partition coefficient (Wildman–Crippen LogP) is 1.11. The first kappa shape index (κ1) is 11.6. The average Bonchev–Trinajstić information content (AvgIpc) is 2.90. The van der Waals surface area contributed by atoms with Crippen LogP contribution >= 0.6 is 0 Å². The summed E-state index contributed by atoms with van der Waals surface area (Å²) in [5.41, 5.74) is 0. The SMILES string of the molecule is OC1CC2OC1CC2COCC1CCC2OC2C1. The highest BCUT2D eigenvalue weighted by atomic mass is 16.6. The van der Waals surface area contributed by atoms with E-state index < -0.39 is 0 Å². The van der Waals surface area contributed by atoms with E-state index in [2.05, 4.69) is 0 Å². The molecule has 1 N–H and O–H groups in total. The summed E-state index contributed by atoms with van der Waals surface area (Å²) in [7, 11) is 0. The lowest BCUT2D eigenvalue weighted by molar-refractivity contribution is 0.0331. The number of fused-ring (bicyclic) bond motifs is 3. The molecule has 0 spiro atoms. The van der Waals surface area contributed by atoms with Gasteiger partial charge in [-0.3, -0.25) is 0 Å². The van der Waals surface area contributed by atoms with Gasteiger partial charge in [0.2, 0.25) is 0 Å². The lowest BCUT2D eigenvalue weighted by Gasteiger charge is -2.23. The molecule has 18 heavy (non-hydrogen) atoms. The van der Waals surface area contributed by atoms with Gasteiger partial charge in [0, 0.05) is 18.9 Å². The zero-order valence-electron chi connectivity index (χ0n) is 10.7. The van der Waals surface area contributed by atoms with Crippen LogP contribution in [0.5, 0.6) is 0 Å². The molecule has 4 rings (SSSR count). The molecule has 4 heteroatoms. The molecule has 1 aliphatic carbocycles. The Morgan fingerprint density at radius 3 is 2.50 bits per heavy atom. The van der Waals surface area contributed by atoms with Crippen molar-refractivity contribution in [3.05, 3.63) is 0 Å². The molecule has 3 heterocycles. The van der Waals surface area contributed by atoms with Gasteiger partial charge in [0.15, 0.2) is 0 Å². The Balaban J connectivity index is 1.18. The summed E-state index contributed by atoms with van der Waals surface area (Å²) < 4.78 is 17.1. The van der Waals surface area contributed by atoms with Gasteiger partial charge in [0.1, 0.15) is 0 Å². The van der Waals surface area contributed by atoms with Crippen molar-refractivity contribution in [1.29, 1.82) is 0 Å². The largest absolute Gasteiger partial charge is 0.390 e. The molecule has 0 amide bonds. The zero-order valence-corrected chi connectivity index (χ0v) is 10.7. The van der Waals surface area contributed by atoms with E-state index in [-0.39, 0.29) is 18.3 Å². The Hall–Kier alpha value is -0.160. The van der Waals surface area contributed by atoms with E-state index in [0.29, 0.717) is 24.0 Å². The summed E-state index contributed by atoms with van der Waals surface area (Å²) in [6.45, 7) is 1.68. The van der Waals surface area contributed by atoms with E-state index in [1.165, 1.54) is 19.3 Å². The minimum Gasteiger partial charge on any atom is -0.390 e. The van der Waals surface area contributed by atoms with Crippen LogP contribution in [0.3, 0.4) is 0 Å². The molecule has 0 radical (unpaired) electrons. The van der Waals surface area contributed by atoms with Crippen LogP contribution in [-0.2, 0) is 14.2 Å². The lowest BCUT2D eigenvalue weighted by Crippen LogP contribution is -2.30. The first-order valence-corrected chi connectivity index (χ1v) is 7.36. The predicted molar refractivity (Wildman–Crippen MR) is 64.2 cm³/mol. The third kappa shape index (κ3) is 2.09. The van der Waals surface area contributed by atoms with Gasteiger partial charge in [-0.25, -0.2) is 0 Å². The van der Waals surface area contributed by atoms with Gasteiger partial charge in [0.05, 0.1) is 37.1 Å². The highest BCUT2D eigenvalue weighted by Crippen LogP contribution is 2.41. The zero-order chi connectivity index (χ0) is 12.1. The Morgan fingerprint density at radius 1 is 0.889 bits per heavy atom. The summed E-state index contributed by atoms with van der Waals surface area (Å²) >= 11 is 0. The van der Waals surface area contributed by atoms with Crippen LogP contribution in [0.25, 0.3) is 0 Å². The molecule has 7 unspecified atom stereocenters. The Morgan fingerprint density at radius 2 is 1.78 bits per heavy atom. The number of aliphatic hydroxyl groups excluding tert-OH is 1. The number of aliphatic hydroxyl groups is 1. The normalized spacial score (nSPS) is 53.5. The second-order valence-corrected chi connectivity index (χ2v) is 6.44. The van der Waals surface area contributed by atoms with Crippen LogP contribution in [0.15, 0.2) is 0 Å². The number of rotatable bonds is 4. The average molecular weight is 254 g/mol. The van der Waals surface area contributed by atoms with E-state index in [0.717, 1.165) is 26.1 Å². The molecule has 0 aromatic rings. The first-order chi connectivity index (χ1) is 8.79. The number of ether oxygens (including phenoxy) is 3. The molecule has 102 valence electrons. The van der Waals surface area contributed by atoms with E-state index in [9.17, 15) is 5.11 Å². The third-order valence-electron chi connectivity index (χ3n) is 5.11. The molecule has 4 nitrogen and oxygen atoms in total. The second kappa shape index (κ2) is 4.44. The maximum absolute atomic E-state index is 9.62. The monoisotopic (exact) mass is 254 g/mol. The highest BCUT2D eigenvalue weighted by molar-refractivity contribution is 4.95. The Kier molecular flexibility index (Phi) is 2.87. The lowest BCUT2D eigenvalue weighted by atomic mass is 9.88. The van der Waals surface area contributed by atoms with Gasteiger partial charge >= 0.3 is 0 Å². The standard InChI is InChI=1S/C14H22O4/c15-10-5-12-9(4-13(10)18-12)7-16-6-8-1-2-11-14(3-8)17-11/h8-15H,1-7H2. The van der Waals surface area contributed by atoms with Crippen LogP contribution in [-0.4, -0.2) is 48.8 Å². The molecule has 0 aromatic heterocycles. The topological polar surface area (TPSA) is 51.2 Å². The van der Waals surface area contributed by atoms with Crippen molar-refractivity contribution in [1.82, 2.24) is 0 Å². The van der Waals surface area contributed by atoms with E-state index >= 15 is 0 Å². The van der Waals surface area contributed by atoms with Crippen molar-refractivity contribution < 1.29 is 19.3 Å². The molecule has 1 saturated carbocycles. The molecule has 2 bridgehead atoms. The minimum absolute atomic E-state index is 0.0823.